The van der Waals surface area contributed by atoms with Gasteiger partial charge >= 0.3 is 0 Å². The normalized spacial score (nSPS) is 13.3. The molecule has 0 bridgehead atoms. The van der Waals surface area contributed by atoms with Gasteiger partial charge in [-0.25, -0.2) is 0 Å². The maximum Gasteiger partial charge on any atom is 0.120 e. The number of benzene rings is 1. The number of phenolic OH excluding ortho intramolecular Hbond substituents is 1. The van der Waals surface area contributed by atoms with Gasteiger partial charge in [0.15, 0.2) is 0 Å². The van der Waals surface area contributed by atoms with Gasteiger partial charge in [0.25, 0.3) is 0 Å². The van der Waals surface area contributed by atoms with Gasteiger partial charge in [0.1, 0.15) is 5.75 Å². The topological polar surface area (TPSA) is 26.7 Å². The van der Waals surface area contributed by atoms with Crippen LogP contribution >= 0.6 is 0 Å². The van der Waals surface area contributed by atoms with Crippen molar-refractivity contribution in [3.63, 3.8) is 0 Å². The molecular formula is C14H24N2O. The zero-order valence-corrected chi connectivity index (χ0v) is 11.3. The summed E-state index contributed by atoms with van der Waals surface area (Å²) < 4.78 is 0. The predicted octanol–water partition coefficient (Wildman–Crippen LogP) is 2.16. The van der Waals surface area contributed by atoms with Crippen molar-refractivity contribution in [2.45, 2.75) is 26.4 Å². The van der Waals surface area contributed by atoms with Gasteiger partial charge in [0.2, 0.25) is 0 Å². The number of phenols is 1. The first-order chi connectivity index (χ1) is 8.04. The third-order valence-corrected chi connectivity index (χ3v) is 3.02. The van der Waals surface area contributed by atoms with Crippen molar-refractivity contribution in [2.75, 3.05) is 27.2 Å². The van der Waals surface area contributed by atoms with Crippen LogP contribution in [0.25, 0.3) is 0 Å². The summed E-state index contributed by atoms with van der Waals surface area (Å²) in [6, 6.07) is 8.05. The van der Waals surface area contributed by atoms with Gasteiger partial charge in [-0.15, -0.1) is 0 Å². The van der Waals surface area contributed by atoms with Gasteiger partial charge in [0.05, 0.1) is 0 Å². The van der Waals surface area contributed by atoms with Gasteiger partial charge in [0, 0.05) is 24.7 Å². The standard InChI is InChI=1S/C14H24N2O/c1-5-16(12(2)10-15(3)4)11-13-8-6-7-9-14(13)17/h6-9,12,17H,5,10-11H2,1-4H3. The summed E-state index contributed by atoms with van der Waals surface area (Å²) in [4.78, 5) is 4.56. The first kappa shape index (κ1) is 14.0. The van der Waals surface area contributed by atoms with E-state index in [0.717, 1.165) is 25.2 Å². The third kappa shape index (κ3) is 4.36. The van der Waals surface area contributed by atoms with Gasteiger partial charge in [-0.3, -0.25) is 4.90 Å². The Balaban J connectivity index is 2.66. The summed E-state index contributed by atoms with van der Waals surface area (Å²) in [6.07, 6.45) is 0. The second-order valence-electron chi connectivity index (χ2n) is 4.80. The average molecular weight is 236 g/mol. The molecule has 0 saturated carbocycles. The van der Waals surface area contributed by atoms with E-state index in [1.165, 1.54) is 0 Å². The lowest BCUT2D eigenvalue weighted by atomic mass is 10.1. The average Bonchev–Trinajstić information content (AvgIpc) is 2.27. The van der Waals surface area contributed by atoms with Crippen molar-refractivity contribution in [1.82, 2.24) is 9.80 Å². The van der Waals surface area contributed by atoms with E-state index in [0.29, 0.717) is 11.8 Å². The van der Waals surface area contributed by atoms with E-state index in [9.17, 15) is 5.11 Å². The lowest BCUT2D eigenvalue weighted by molar-refractivity contribution is 0.173. The highest BCUT2D eigenvalue weighted by atomic mass is 16.3. The van der Waals surface area contributed by atoms with Gasteiger partial charge in [-0.05, 0) is 33.6 Å². The summed E-state index contributed by atoms with van der Waals surface area (Å²) in [5.74, 6) is 0.392. The fraction of sp³-hybridized carbons (Fsp3) is 0.571. The molecule has 0 amide bonds. The van der Waals surface area contributed by atoms with Crippen molar-refractivity contribution < 1.29 is 5.11 Å². The molecule has 1 unspecified atom stereocenters. The van der Waals surface area contributed by atoms with E-state index >= 15 is 0 Å². The number of likely N-dealkylation sites (N-methyl/N-ethyl adjacent to an activating group) is 2. The molecule has 0 aliphatic carbocycles. The molecule has 0 aliphatic rings. The zero-order valence-electron chi connectivity index (χ0n) is 11.3. The van der Waals surface area contributed by atoms with Gasteiger partial charge in [-0.1, -0.05) is 25.1 Å². The first-order valence-corrected chi connectivity index (χ1v) is 6.20. The second-order valence-corrected chi connectivity index (χ2v) is 4.80. The minimum absolute atomic E-state index is 0.392. The molecule has 1 atom stereocenters. The van der Waals surface area contributed by atoms with E-state index in [1.54, 1.807) is 6.07 Å². The molecule has 1 aromatic rings. The summed E-state index contributed by atoms with van der Waals surface area (Å²) >= 11 is 0. The molecule has 3 heteroatoms. The monoisotopic (exact) mass is 236 g/mol. The van der Waals surface area contributed by atoms with Crippen LogP contribution in [0.5, 0.6) is 5.75 Å². The molecule has 0 radical (unpaired) electrons. The highest BCUT2D eigenvalue weighted by molar-refractivity contribution is 5.31. The number of hydrogen-bond acceptors (Lipinski definition) is 3. The Labute approximate surface area is 105 Å². The summed E-state index contributed by atoms with van der Waals surface area (Å²) in [5.41, 5.74) is 1.000. The molecular weight excluding hydrogens is 212 g/mol. The van der Waals surface area contributed by atoms with Crippen molar-refractivity contribution >= 4 is 0 Å². The lowest BCUT2D eigenvalue weighted by Crippen LogP contribution is -2.39. The quantitative estimate of drug-likeness (QED) is 0.820. The minimum atomic E-state index is 0.392. The van der Waals surface area contributed by atoms with Crippen LogP contribution in [-0.2, 0) is 6.54 Å². The number of para-hydroxylation sites is 1. The Bertz CT molecular complexity index is 339. The molecule has 1 N–H and O–H groups in total. The molecule has 96 valence electrons. The Morgan fingerprint density at radius 1 is 1.24 bits per heavy atom. The van der Waals surface area contributed by atoms with Crippen LogP contribution in [0.15, 0.2) is 24.3 Å². The van der Waals surface area contributed by atoms with Crippen LogP contribution in [-0.4, -0.2) is 48.1 Å². The van der Waals surface area contributed by atoms with Crippen molar-refractivity contribution in [3.8, 4) is 5.75 Å². The largest absolute Gasteiger partial charge is 0.508 e. The van der Waals surface area contributed by atoms with E-state index < -0.39 is 0 Å². The molecule has 0 aromatic heterocycles. The molecule has 17 heavy (non-hydrogen) atoms. The summed E-state index contributed by atoms with van der Waals surface area (Å²) in [7, 11) is 4.18. The first-order valence-electron chi connectivity index (χ1n) is 6.20. The molecule has 0 saturated heterocycles. The van der Waals surface area contributed by atoms with Crippen LogP contribution in [0.1, 0.15) is 19.4 Å². The highest BCUT2D eigenvalue weighted by Crippen LogP contribution is 2.18. The smallest absolute Gasteiger partial charge is 0.120 e. The van der Waals surface area contributed by atoms with Gasteiger partial charge < -0.3 is 10.0 Å². The molecule has 1 aromatic carbocycles. The Kier molecular flexibility index (Phi) is 5.45. The highest BCUT2D eigenvalue weighted by Gasteiger charge is 2.14. The number of hydrogen-bond donors (Lipinski definition) is 1. The van der Waals surface area contributed by atoms with Gasteiger partial charge in [-0.2, -0.15) is 0 Å². The Hall–Kier alpha value is -1.06. The van der Waals surface area contributed by atoms with E-state index in [4.69, 9.17) is 0 Å². The molecule has 3 nitrogen and oxygen atoms in total. The minimum Gasteiger partial charge on any atom is -0.508 e. The van der Waals surface area contributed by atoms with E-state index in [-0.39, 0.29) is 0 Å². The number of aromatic hydroxyl groups is 1. The molecule has 0 spiro atoms. The van der Waals surface area contributed by atoms with Crippen LogP contribution < -0.4 is 0 Å². The van der Waals surface area contributed by atoms with Crippen LogP contribution in [0.2, 0.25) is 0 Å². The van der Waals surface area contributed by atoms with Crippen LogP contribution in [0, 0.1) is 0 Å². The Morgan fingerprint density at radius 3 is 2.41 bits per heavy atom. The van der Waals surface area contributed by atoms with Crippen molar-refractivity contribution in [3.05, 3.63) is 29.8 Å². The van der Waals surface area contributed by atoms with Crippen LogP contribution in [0.3, 0.4) is 0 Å². The van der Waals surface area contributed by atoms with E-state index in [1.807, 2.05) is 18.2 Å². The predicted molar refractivity (Wildman–Crippen MR) is 72.2 cm³/mol. The number of nitrogens with zero attached hydrogens (tertiary/aromatic N) is 2. The maximum absolute atomic E-state index is 9.78. The SMILES string of the molecule is CCN(Cc1ccccc1O)C(C)CN(C)C. The zero-order chi connectivity index (χ0) is 12.8. The van der Waals surface area contributed by atoms with E-state index in [2.05, 4.69) is 37.7 Å². The fourth-order valence-corrected chi connectivity index (χ4v) is 2.09. The molecule has 0 aliphatic heterocycles. The second kappa shape index (κ2) is 6.62. The molecule has 1 rings (SSSR count). The summed E-state index contributed by atoms with van der Waals surface area (Å²) in [5, 5.41) is 9.78. The van der Waals surface area contributed by atoms with Crippen LogP contribution in [0.4, 0.5) is 0 Å². The molecule has 0 heterocycles. The lowest BCUT2D eigenvalue weighted by Gasteiger charge is -2.30. The maximum atomic E-state index is 9.78. The summed E-state index contributed by atoms with van der Waals surface area (Å²) in [6.45, 7) is 7.21. The Morgan fingerprint density at radius 2 is 1.88 bits per heavy atom. The third-order valence-electron chi connectivity index (χ3n) is 3.02. The molecule has 0 fully saturated rings. The van der Waals surface area contributed by atoms with Crippen molar-refractivity contribution in [1.29, 1.82) is 0 Å². The van der Waals surface area contributed by atoms with Crippen molar-refractivity contribution in [2.24, 2.45) is 0 Å². The fourth-order valence-electron chi connectivity index (χ4n) is 2.09. The number of rotatable bonds is 6.